The number of nitriles is 1. The summed E-state index contributed by atoms with van der Waals surface area (Å²) in [5.74, 6) is 0.374. The van der Waals surface area contributed by atoms with Crippen LogP contribution in [0.15, 0.2) is 66.4 Å². The molecule has 146 valence electrons. The lowest BCUT2D eigenvalue weighted by Crippen LogP contribution is -2.28. The first-order valence-corrected chi connectivity index (χ1v) is 9.46. The van der Waals surface area contributed by atoms with Crippen molar-refractivity contribution < 1.29 is 9.53 Å². The predicted octanol–water partition coefficient (Wildman–Crippen LogP) is 3.89. The average Bonchev–Trinajstić information content (AvgIpc) is 2.74. The molecular weight excluding hydrogens is 350 g/mol. The fraction of sp³-hybridized carbons (Fsp3) is 0.304. The number of hydrogen-bond donors (Lipinski definition) is 2. The lowest BCUT2D eigenvalue weighted by Gasteiger charge is -2.14. The Balaban J connectivity index is 1.75. The molecule has 0 fully saturated rings. The standard InChI is InChI=1S/C23H27N3O2/c1-18(20-11-13-22(28-2)14-12-20)26-23(27)21(16-24)17-25-15-7-6-10-19-8-4-3-5-9-19/h3-5,8-9,11-14,17-18,25H,6-7,10,15H2,1-2H3,(H,26,27)/b21-17-. The minimum Gasteiger partial charge on any atom is -0.497 e. The summed E-state index contributed by atoms with van der Waals surface area (Å²) in [7, 11) is 1.61. The Morgan fingerprint density at radius 2 is 1.86 bits per heavy atom. The van der Waals surface area contributed by atoms with Crippen molar-refractivity contribution in [2.75, 3.05) is 13.7 Å². The molecule has 1 unspecified atom stereocenters. The molecule has 0 aliphatic rings. The van der Waals surface area contributed by atoms with Gasteiger partial charge in [-0.3, -0.25) is 4.79 Å². The van der Waals surface area contributed by atoms with E-state index >= 15 is 0 Å². The van der Waals surface area contributed by atoms with Crippen LogP contribution >= 0.6 is 0 Å². The quantitative estimate of drug-likeness (QED) is 0.374. The van der Waals surface area contributed by atoms with E-state index in [1.807, 2.05) is 55.5 Å². The van der Waals surface area contributed by atoms with Crippen LogP contribution in [0.4, 0.5) is 0 Å². The van der Waals surface area contributed by atoms with Crippen LogP contribution in [-0.4, -0.2) is 19.6 Å². The number of carbonyl (C=O) groups excluding carboxylic acids is 1. The van der Waals surface area contributed by atoms with Crippen LogP contribution < -0.4 is 15.4 Å². The number of hydrogen-bond acceptors (Lipinski definition) is 4. The number of nitrogens with zero attached hydrogens (tertiary/aromatic N) is 1. The summed E-state index contributed by atoms with van der Waals surface area (Å²) in [5, 5.41) is 15.2. The molecule has 1 amide bonds. The van der Waals surface area contributed by atoms with Gasteiger partial charge in [-0.25, -0.2) is 0 Å². The van der Waals surface area contributed by atoms with Gasteiger partial charge in [-0.15, -0.1) is 0 Å². The highest BCUT2D eigenvalue weighted by Gasteiger charge is 2.13. The van der Waals surface area contributed by atoms with Gasteiger partial charge in [0.15, 0.2) is 0 Å². The molecule has 0 saturated carbocycles. The number of carbonyl (C=O) groups is 1. The van der Waals surface area contributed by atoms with Crippen molar-refractivity contribution in [1.82, 2.24) is 10.6 Å². The van der Waals surface area contributed by atoms with E-state index in [1.54, 1.807) is 7.11 Å². The van der Waals surface area contributed by atoms with Crippen molar-refractivity contribution in [3.8, 4) is 11.8 Å². The first-order valence-electron chi connectivity index (χ1n) is 9.46. The third-order valence-electron chi connectivity index (χ3n) is 4.45. The van der Waals surface area contributed by atoms with Gasteiger partial charge in [0.25, 0.3) is 5.91 Å². The summed E-state index contributed by atoms with van der Waals surface area (Å²) in [6, 6.07) is 19.6. The largest absolute Gasteiger partial charge is 0.497 e. The summed E-state index contributed by atoms with van der Waals surface area (Å²) >= 11 is 0. The number of ether oxygens (including phenoxy) is 1. The Morgan fingerprint density at radius 1 is 1.14 bits per heavy atom. The summed E-state index contributed by atoms with van der Waals surface area (Å²) in [5.41, 5.74) is 2.34. The number of methoxy groups -OCH3 is 1. The lowest BCUT2D eigenvalue weighted by molar-refractivity contribution is -0.117. The Morgan fingerprint density at radius 3 is 2.50 bits per heavy atom. The van der Waals surface area contributed by atoms with Crippen LogP contribution in [0, 0.1) is 11.3 Å². The first kappa shape index (κ1) is 21.0. The molecule has 0 spiro atoms. The number of amides is 1. The third kappa shape index (κ3) is 6.81. The van der Waals surface area contributed by atoms with Gasteiger partial charge in [-0.2, -0.15) is 5.26 Å². The zero-order valence-corrected chi connectivity index (χ0v) is 16.4. The molecule has 0 heterocycles. The molecule has 2 rings (SSSR count). The maximum atomic E-state index is 12.3. The van der Waals surface area contributed by atoms with Gasteiger partial charge in [0.05, 0.1) is 13.2 Å². The fourth-order valence-corrected chi connectivity index (χ4v) is 2.77. The molecule has 0 radical (unpaired) electrons. The van der Waals surface area contributed by atoms with E-state index in [0.717, 1.165) is 37.1 Å². The second kappa shape index (κ2) is 11.5. The maximum absolute atomic E-state index is 12.3. The molecule has 0 bridgehead atoms. The maximum Gasteiger partial charge on any atom is 0.263 e. The molecule has 28 heavy (non-hydrogen) atoms. The molecule has 5 nitrogen and oxygen atoms in total. The fourth-order valence-electron chi connectivity index (χ4n) is 2.77. The van der Waals surface area contributed by atoms with Gasteiger partial charge in [0, 0.05) is 12.7 Å². The van der Waals surface area contributed by atoms with E-state index in [-0.39, 0.29) is 17.5 Å². The Kier molecular flexibility index (Phi) is 8.61. The van der Waals surface area contributed by atoms with E-state index in [0.29, 0.717) is 0 Å². The molecule has 2 aromatic carbocycles. The minimum absolute atomic E-state index is 0.0726. The first-order chi connectivity index (χ1) is 13.6. The highest BCUT2D eigenvalue weighted by Crippen LogP contribution is 2.17. The Bertz CT molecular complexity index is 808. The van der Waals surface area contributed by atoms with Crippen molar-refractivity contribution in [2.24, 2.45) is 0 Å². The van der Waals surface area contributed by atoms with Gasteiger partial charge in [-0.05, 0) is 49.4 Å². The smallest absolute Gasteiger partial charge is 0.263 e. The third-order valence-corrected chi connectivity index (χ3v) is 4.45. The Labute approximate surface area is 167 Å². The summed E-state index contributed by atoms with van der Waals surface area (Å²) in [4.78, 5) is 12.3. The zero-order valence-electron chi connectivity index (χ0n) is 16.4. The van der Waals surface area contributed by atoms with Gasteiger partial charge in [-0.1, -0.05) is 42.5 Å². The van der Waals surface area contributed by atoms with E-state index in [1.165, 1.54) is 11.8 Å². The average molecular weight is 377 g/mol. The van der Waals surface area contributed by atoms with E-state index < -0.39 is 0 Å². The lowest BCUT2D eigenvalue weighted by atomic mass is 10.1. The van der Waals surface area contributed by atoms with Gasteiger partial charge in [0.1, 0.15) is 17.4 Å². The Hall–Kier alpha value is -3.26. The number of nitrogens with one attached hydrogen (secondary N) is 2. The molecule has 5 heteroatoms. The molecule has 2 aromatic rings. The molecule has 0 aromatic heterocycles. The van der Waals surface area contributed by atoms with Gasteiger partial charge in [0.2, 0.25) is 0 Å². The number of rotatable bonds is 10. The van der Waals surface area contributed by atoms with Crippen molar-refractivity contribution in [3.63, 3.8) is 0 Å². The van der Waals surface area contributed by atoms with Gasteiger partial charge < -0.3 is 15.4 Å². The topological polar surface area (TPSA) is 74.1 Å². The van der Waals surface area contributed by atoms with E-state index in [9.17, 15) is 10.1 Å². The van der Waals surface area contributed by atoms with E-state index in [4.69, 9.17) is 4.74 Å². The molecule has 0 aliphatic carbocycles. The molecule has 0 aliphatic heterocycles. The van der Waals surface area contributed by atoms with Crippen LogP contribution in [0.5, 0.6) is 5.75 Å². The summed E-state index contributed by atoms with van der Waals surface area (Å²) in [6.07, 6.45) is 4.54. The molecule has 1 atom stereocenters. The molecular formula is C23H27N3O2. The zero-order chi connectivity index (χ0) is 20.2. The van der Waals surface area contributed by atoms with Crippen LogP contribution in [0.2, 0.25) is 0 Å². The molecule has 2 N–H and O–H groups in total. The predicted molar refractivity (Wildman–Crippen MR) is 111 cm³/mol. The normalized spacial score (nSPS) is 12.0. The van der Waals surface area contributed by atoms with E-state index in [2.05, 4.69) is 22.8 Å². The second-order valence-electron chi connectivity index (χ2n) is 6.53. The van der Waals surface area contributed by atoms with Crippen molar-refractivity contribution in [1.29, 1.82) is 5.26 Å². The number of unbranched alkanes of at least 4 members (excludes halogenated alkanes) is 1. The van der Waals surface area contributed by atoms with Crippen LogP contribution in [0.1, 0.15) is 36.9 Å². The summed E-state index contributed by atoms with van der Waals surface area (Å²) < 4.78 is 5.14. The number of benzene rings is 2. The molecule has 0 saturated heterocycles. The van der Waals surface area contributed by atoms with Crippen molar-refractivity contribution in [2.45, 2.75) is 32.2 Å². The van der Waals surface area contributed by atoms with Crippen molar-refractivity contribution >= 4 is 5.91 Å². The van der Waals surface area contributed by atoms with Crippen molar-refractivity contribution in [3.05, 3.63) is 77.5 Å². The monoisotopic (exact) mass is 377 g/mol. The van der Waals surface area contributed by atoms with Crippen LogP contribution in [-0.2, 0) is 11.2 Å². The SMILES string of the molecule is COc1ccc(C(C)NC(=O)/C(C#N)=C\NCCCCc2ccccc2)cc1. The second-order valence-corrected chi connectivity index (χ2v) is 6.53. The van der Waals surface area contributed by atoms with Crippen LogP contribution in [0.3, 0.4) is 0 Å². The highest BCUT2D eigenvalue weighted by atomic mass is 16.5. The number of aryl methyl sites for hydroxylation is 1. The highest BCUT2D eigenvalue weighted by molar-refractivity contribution is 5.97. The van der Waals surface area contributed by atoms with Gasteiger partial charge >= 0.3 is 0 Å². The summed E-state index contributed by atoms with van der Waals surface area (Å²) in [6.45, 7) is 2.60. The minimum atomic E-state index is -0.386. The van der Waals surface area contributed by atoms with Crippen LogP contribution in [0.25, 0.3) is 0 Å².